The molecule has 1 spiro atoms. The van der Waals surface area contributed by atoms with Crippen molar-refractivity contribution in [2.24, 2.45) is 0 Å². The Morgan fingerprint density at radius 3 is 3.00 bits per heavy atom. The smallest absolute Gasteiger partial charge is 0.234 e. The summed E-state index contributed by atoms with van der Waals surface area (Å²) in [6.45, 7) is 2.36. The van der Waals surface area contributed by atoms with Crippen molar-refractivity contribution >= 4 is 5.91 Å². The molecule has 0 aromatic rings. The van der Waals surface area contributed by atoms with Crippen molar-refractivity contribution in [3.05, 3.63) is 0 Å². The Kier molecular flexibility index (Phi) is 4.97. The van der Waals surface area contributed by atoms with Gasteiger partial charge < -0.3 is 20.1 Å². The Bertz CT molecular complexity index is 279. The van der Waals surface area contributed by atoms with Gasteiger partial charge in [-0.1, -0.05) is 0 Å². The number of carbonyl (C=O) groups is 1. The molecule has 0 radical (unpaired) electrons. The van der Waals surface area contributed by atoms with Crippen LogP contribution in [0.5, 0.6) is 0 Å². The molecule has 1 aliphatic heterocycles. The predicted molar refractivity (Wildman–Crippen MR) is 68.4 cm³/mol. The minimum absolute atomic E-state index is 0.0428. The molecule has 2 fully saturated rings. The van der Waals surface area contributed by atoms with E-state index in [1.807, 2.05) is 0 Å². The zero-order valence-electron chi connectivity index (χ0n) is 11.2. The van der Waals surface area contributed by atoms with Crippen LogP contribution in [0.4, 0.5) is 0 Å². The zero-order chi connectivity index (χ0) is 12.8. The Hall–Kier alpha value is -0.650. The van der Waals surface area contributed by atoms with Crippen molar-refractivity contribution in [2.75, 3.05) is 33.4 Å². The Morgan fingerprint density at radius 1 is 1.50 bits per heavy atom. The van der Waals surface area contributed by atoms with Crippen LogP contribution in [0, 0.1) is 0 Å². The van der Waals surface area contributed by atoms with E-state index < -0.39 is 0 Å². The summed E-state index contributed by atoms with van der Waals surface area (Å²) in [6, 6.07) is 0.423. The summed E-state index contributed by atoms with van der Waals surface area (Å²) in [6.07, 6.45) is 5.71. The first-order valence-electron chi connectivity index (χ1n) is 6.87. The maximum atomic E-state index is 11.5. The Morgan fingerprint density at radius 2 is 2.33 bits per heavy atom. The van der Waals surface area contributed by atoms with Crippen molar-refractivity contribution in [3.8, 4) is 0 Å². The molecule has 1 heterocycles. The molecule has 18 heavy (non-hydrogen) atoms. The summed E-state index contributed by atoms with van der Waals surface area (Å²) in [7, 11) is 1.63. The lowest BCUT2D eigenvalue weighted by Crippen LogP contribution is -2.52. The molecule has 1 unspecified atom stereocenters. The fraction of sp³-hybridized carbons (Fsp3) is 0.923. The first-order valence-corrected chi connectivity index (χ1v) is 6.87. The quantitative estimate of drug-likeness (QED) is 0.677. The van der Waals surface area contributed by atoms with Crippen LogP contribution in [0.3, 0.4) is 0 Å². The van der Waals surface area contributed by atoms with Crippen LogP contribution in [0.25, 0.3) is 0 Å². The van der Waals surface area contributed by atoms with Gasteiger partial charge in [-0.05, 0) is 32.1 Å². The summed E-state index contributed by atoms with van der Waals surface area (Å²) in [5, 5.41) is 6.15. The lowest BCUT2D eigenvalue weighted by Gasteiger charge is -2.47. The topological polar surface area (TPSA) is 59.6 Å². The third kappa shape index (κ3) is 3.67. The van der Waals surface area contributed by atoms with E-state index in [0.29, 0.717) is 25.7 Å². The summed E-state index contributed by atoms with van der Waals surface area (Å²) in [4.78, 5) is 11.5. The van der Waals surface area contributed by atoms with Gasteiger partial charge in [0, 0.05) is 26.3 Å². The second kappa shape index (κ2) is 6.50. The largest absolute Gasteiger partial charge is 0.383 e. The lowest BCUT2D eigenvalue weighted by molar-refractivity contribution is -0.137. The molecule has 2 aliphatic rings. The minimum Gasteiger partial charge on any atom is -0.383 e. The van der Waals surface area contributed by atoms with E-state index in [-0.39, 0.29) is 11.5 Å². The minimum atomic E-state index is 0.0428. The van der Waals surface area contributed by atoms with Gasteiger partial charge in [-0.15, -0.1) is 0 Å². The maximum Gasteiger partial charge on any atom is 0.234 e. The van der Waals surface area contributed by atoms with Gasteiger partial charge in [-0.25, -0.2) is 0 Å². The molecular weight excluding hydrogens is 232 g/mol. The third-order valence-electron chi connectivity index (χ3n) is 3.94. The average molecular weight is 256 g/mol. The molecule has 5 nitrogen and oxygen atoms in total. The molecule has 0 bridgehead atoms. The Balaban J connectivity index is 1.62. The van der Waals surface area contributed by atoms with Gasteiger partial charge in [0.2, 0.25) is 5.91 Å². The van der Waals surface area contributed by atoms with Crippen molar-refractivity contribution in [1.29, 1.82) is 0 Å². The zero-order valence-corrected chi connectivity index (χ0v) is 11.2. The fourth-order valence-corrected chi connectivity index (χ4v) is 2.71. The van der Waals surface area contributed by atoms with Crippen LogP contribution in [-0.2, 0) is 14.3 Å². The summed E-state index contributed by atoms with van der Waals surface area (Å²) >= 11 is 0. The Labute approximate surface area is 109 Å². The molecule has 1 aliphatic carbocycles. The highest BCUT2D eigenvalue weighted by atomic mass is 16.5. The van der Waals surface area contributed by atoms with Crippen LogP contribution >= 0.6 is 0 Å². The summed E-state index contributed by atoms with van der Waals surface area (Å²) in [5.74, 6) is 0.0428. The van der Waals surface area contributed by atoms with E-state index >= 15 is 0 Å². The number of ether oxygens (including phenoxy) is 2. The van der Waals surface area contributed by atoms with Crippen molar-refractivity contribution in [2.45, 2.75) is 43.7 Å². The highest BCUT2D eigenvalue weighted by Gasteiger charge is 2.42. The first kappa shape index (κ1) is 13.8. The van der Waals surface area contributed by atoms with Crippen molar-refractivity contribution < 1.29 is 14.3 Å². The molecule has 0 aromatic carbocycles. The van der Waals surface area contributed by atoms with Crippen LogP contribution < -0.4 is 10.6 Å². The molecule has 1 atom stereocenters. The predicted octanol–water partition coefficient (Wildman–Crippen LogP) is 0.440. The van der Waals surface area contributed by atoms with Crippen molar-refractivity contribution in [1.82, 2.24) is 10.6 Å². The van der Waals surface area contributed by atoms with Crippen LogP contribution in [-0.4, -0.2) is 51.0 Å². The number of amides is 1. The molecule has 1 saturated carbocycles. The molecule has 1 amide bonds. The highest BCUT2D eigenvalue weighted by Crippen LogP contribution is 2.42. The van der Waals surface area contributed by atoms with E-state index in [9.17, 15) is 4.79 Å². The average Bonchev–Trinajstić information content (AvgIpc) is 2.35. The lowest BCUT2D eigenvalue weighted by atomic mass is 9.74. The number of nitrogens with one attached hydrogen (secondary N) is 2. The highest BCUT2D eigenvalue weighted by molar-refractivity contribution is 5.77. The van der Waals surface area contributed by atoms with Gasteiger partial charge in [0.15, 0.2) is 0 Å². The van der Waals surface area contributed by atoms with Gasteiger partial charge >= 0.3 is 0 Å². The monoisotopic (exact) mass is 256 g/mol. The van der Waals surface area contributed by atoms with Gasteiger partial charge in [0.25, 0.3) is 0 Å². The number of hydrogen-bond donors (Lipinski definition) is 2. The molecule has 2 N–H and O–H groups in total. The van der Waals surface area contributed by atoms with Crippen LogP contribution in [0.15, 0.2) is 0 Å². The molecular formula is C13H24N2O3. The number of hydrogen-bond acceptors (Lipinski definition) is 4. The van der Waals surface area contributed by atoms with E-state index in [1.165, 1.54) is 19.3 Å². The van der Waals surface area contributed by atoms with E-state index in [0.717, 1.165) is 19.4 Å². The maximum absolute atomic E-state index is 11.5. The molecule has 0 aromatic heterocycles. The van der Waals surface area contributed by atoms with Gasteiger partial charge in [-0.2, -0.15) is 0 Å². The van der Waals surface area contributed by atoms with Gasteiger partial charge in [0.1, 0.15) is 0 Å². The SMILES string of the molecule is COCCNC(=O)CNC1CCOC2(CCC2)C1. The summed E-state index contributed by atoms with van der Waals surface area (Å²) < 4.78 is 10.7. The number of rotatable bonds is 6. The van der Waals surface area contributed by atoms with Crippen LogP contribution in [0.2, 0.25) is 0 Å². The first-order chi connectivity index (χ1) is 8.74. The van der Waals surface area contributed by atoms with E-state index in [4.69, 9.17) is 9.47 Å². The van der Waals surface area contributed by atoms with Crippen molar-refractivity contribution in [3.63, 3.8) is 0 Å². The molecule has 5 heteroatoms. The molecule has 2 rings (SSSR count). The second-order valence-electron chi connectivity index (χ2n) is 5.30. The van der Waals surface area contributed by atoms with Gasteiger partial charge in [0.05, 0.1) is 18.8 Å². The number of carbonyl (C=O) groups excluding carboxylic acids is 1. The standard InChI is InChI=1S/C13H24N2O3/c1-17-8-6-14-12(16)10-15-11-3-7-18-13(9-11)4-2-5-13/h11,15H,2-10H2,1H3,(H,14,16). The number of methoxy groups -OCH3 is 1. The molecule has 1 saturated heterocycles. The third-order valence-corrected chi connectivity index (χ3v) is 3.94. The second-order valence-corrected chi connectivity index (χ2v) is 5.30. The van der Waals surface area contributed by atoms with Gasteiger partial charge in [-0.3, -0.25) is 4.79 Å². The van der Waals surface area contributed by atoms with Crippen LogP contribution in [0.1, 0.15) is 32.1 Å². The van der Waals surface area contributed by atoms with E-state index in [1.54, 1.807) is 7.11 Å². The normalized spacial score (nSPS) is 25.7. The molecule has 104 valence electrons. The summed E-state index contributed by atoms with van der Waals surface area (Å²) in [5.41, 5.74) is 0.141. The fourth-order valence-electron chi connectivity index (χ4n) is 2.71. The van der Waals surface area contributed by atoms with E-state index in [2.05, 4.69) is 10.6 Å².